The van der Waals surface area contributed by atoms with E-state index in [-0.39, 0.29) is 17.9 Å². The van der Waals surface area contributed by atoms with E-state index in [1.807, 2.05) is 39.0 Å². The standard InChI is InChI=1S/C17H25NO3/c1-13-5-7-15(21-4)14(11-13)6-8-16(20)18-12-17(2,3)9-10-19/h5-8,11,19H,9-10,12H2,1-4H3,(H,18,20)/b8-6+. The number of hydrogen-bond acceptors (Lipinski definition) is 3. The molecule has 0 radical (unpaired) electrons. The summed E-state index contributed by atoms with van der Waals surface area (Å²) in [6.45, 7) is 6.67. The second kappa shape index (κ2) is 7.84. The van der Waals surface area contributed by atoms with Crippen LogP contribution in [0.3, 0.4) is 0 Å². The van der Waals surface area contributed by atoms with E-state index in [9.17, 15) is 4.79 Å². The maximum atomic E-state index is 11.9. The summed E-state index contributed by atoms with van der Waals surface area (Å²) in [5, 5.41) is 11.8. The van der Waals surface area contributed by atoms with Crippen molar-refractivity contribution in [2.45, 2.75) is 27.2 Å². The van der Waals surface area contributed by atoms with Gasteiger partial charge >= 0.3 is 0 Å². The van der Waals surface area contributed by atoms with Gasteiger partial charge in [0.25, 0.3) is 0 Å². The van der Waals surface area contributed by atoms with Crippen molar-refractivity contribution in [2.24, 2.45) is 5.41 Å². The minimum absolute atomic E-state index is 0.112. The van der Waals surface area contributed by atoms with E-state index in [2.05, 4.69) is 5.32 Å². The molecule has 0 heterocycles. The largest absolute Gasteiger partial charge is 0.496 e. The molecule has 1 aromatic rings. The van der Waals surface area contributed by atoms with Crippen molar-refractivity contribution < 1.29 is 14.6 Å². The second-order valence-electron chi connectivity index (χ2n) is 5.93. The summed E-state index contributed by atoms with van der Waals surface area (Å²) >= 11 is 0. The number of aliphatic hydroxyl groups excluding tert-OH is 1. The topological polar surface area (TPSA) is 58.6 Å². The predicted octanol–water partition coefficient (Wildman–Crippen LogP) is 2.54. The molecule has 0 bridgehead atoms. The summed E-state index contributed by atoms with van der Waals surface area (Å²) in [5.74, 6) is 0.592. The smallest absolute Gasteiger partial charge is 0.244 e. The van der Waals surface area contributed by atoms with Gasteiger partial charge < -0.3 is 15.2 Å². The van der Waals surface area contributed by atoms with Crippen LogP contribution in [0.25, 0.3) is 6.08 Å². The molecule has 0 aromatic heterocycles. The third-order valence-corrected chi connectivity index (χ3v) is 3.33. The highest BCUT2D eigenvalue weighted by Gasteiger charge is 2.17. The van der Waals surface area contributed by atoms with E-state index >= 15 is 0 Å². The van der Waals surface area contributed by atoms with Crippen molar-refractivity contribution in [1.82, 2.24) is 5.32 Å². The Morgan fingerprint density at radius 3 is 2.76 bits per heavy atom. The molecule has 0 aliphatic heterocycles. The molecule has 0 saturated heterocycles. The fourth-order valence-corrected chi connectivity index (χ4v) is 1.93. The lowest BCUT2D eigenvalue weighted by Crippen LogP contribution is -2.33. The first kappa shape index (κ1) is 17.2. The lowest BCUT2D eigenvalue weighted by atomic mass is 9.90. The fourth-order valence-electron chi connectivity index (χ4n) is 1.93. The Kier molecular flexibility index (Phi) is 6.43. The number of hydrogen-bond donors (Lipinski definition) is 2. The quantitative estimate of drug-likeness (QED) is 0.759. The third kappa shape index (κ3) is 6.00. The molecule has 0 atom stereocenters. The highest BCUT2D eigenvalue weighted by atomic mass is 16.5. The van der Waals surface area contributed by atoms with E-state index in [1.165, 1.54) is 6.08 Å². The van der Waals surface area contributed by atoms with Gasteiger partial charge in [0.1, 0.15) is 5.75 Å². The molecule has 4 heteroatoms. The highest BCUT2D eigenvalue weighted by molar-refractivity contribution is 5.92. The van der Waals surface area contributed by atoms with Gasteiger partial charge in [-0.25, -0.2) is 0 Å². The molecule has 1 aromatic carbocycles. The molecule has 2 N–H and O–H groups in total. The van der Waals surface area contributed by atoms with Gasteiger partial charge in [-0.2, -0.15) is 0 Å². The molecule has 0 saturated carbocycles. The van der Waals surface area contributed by atoms with Crippen molar-refractivity contribution >= 4 is 12.0 Å². The van der Waals surface area contributed by atoms with Crippen LogP contribution in [0, 0.1) is 12.3 Å². The van der Waals surface area contributed by atoms with Gasteiger partial charge in [0.15, 0.2) is 0 Å². The minimum atomic E-state index is -0.149. The van der Waals surface area contributed by atoms with Crippen LogP contribution in [0.4, 0.5) is 0 Å². The highest BCUT2D eigenvalue weighted by Crippen LogP contribution is 2.21. The van der Waals surface area contributed by atoms with E-state index < -0.39 is 0 Å². The van der Waals surface area contributed by atoms with Crippen LogP contribution in [0.2, 0.25) is 0 Å². The Labute approximate surface area is 126 Å². The Morgan fingerprint density at radius 1 is 1.43 bits per heavy atom. The zero-order valence-electron chi connectivity index (χ0n) is 13.3. The number of benzene rings is 1. The molecule has 116 valence electrons. The fraction of sp³-hybridized carbons (Fsp3) is 0.471. The summed E-state index contributed by atoms with van der Waals surface area (Å²) in [6, 6.07) is 5.82. The number of methoxy groups -OCH3 is 1. The van der Waals surface area contributed by atoms with Crippen LogP contribution in [0.1, 0.15) is 31.4 Å². The molecule has 0 aliphatic rings. The number of aliphatic hydroxyl groups is 1. The summed E-state index contributed by atoms with van der Waals surface area (Å²) in [4.78, 5) is 11.9. The molecule has 0 spiro atoms. The summed E-state index contributed by atoms with van der Waals surface area (Å²) in [7, 11) is 1.61. The summed E-state index contributed by atoms with van der Waals surface area (Å²) in [5.41, 5.74) is 1.88. The summed E-state index contributed by atoms with van der Waals surface area (Å²) < 4.78 is 5.27. The number of aryl methyl sites for hydroxylation is 1. The molecule has 0 aliphatic carbocycles. The predicted molar refractivity (Wildman–Crippen MR) is 85.3 cm³/mol. The third-order valence-electron chi connectivity index (χ3n) is 3.33. The number of rotatable bonds is 7. The van der Waals surface area contributed by atoms with Gasteiger partial charge in [0.05, 0.1) is 7.11 Å². The van der Waals surface area contributed by atoms with Crippen molar-refractivity contribution in [1.29, 1.82) is 0 Å². The van der Waals surface area contributed by atoms with E-state index in [0.29, 0.717) is 13.0 Å². The van der Waals surface area contributed by atoms with Crippen LogP contribution >= 0.6 is 0 Å². The van der Waals surface area contributed by atoms with Crippen molar-refractivity contribution in [2.75, 3.05) is 20.3 Å². The molecular weight excluding hydrogens is 266 g/mol. The van der Waals surface area contributed by atoms with E-state index in [0.717, 1.165) is 16.9 Å². The Bertz CT molecular complexity index is 507. The number of amides is 1. The molecular formula is C17H25NO3. The van der Waals surface area contributed by atoms with Crippen LogP contribution in [0.15, 0.2) is 24.3 Å². The number of carbonyl (C=O) groups excluding carboxylic acids is 1. The average molecular weight is 291 g/mol. The first-order chi connectivity index (χ1) is 9.88. The van der Waals surface area contributed by atoms with Gasteiger partial charge in [-0.1, -0.05) is 25.5 Å². The normalized spacial score (nSPS) is 11.7. The molecule has 4 nitrogen and oxygen atoms in total. The minimum Gasteiger partial charge on any atom is -0.496 e. The lowest BCUT2D eigenvalue weighted by Gasteiger charge is -2.23. The number of carbonyl (C=O) groups is 1. The van der Waals surface area contributed by atoms with Crippen LogP contribution in [0.5, 0.6) is 5.75 Å². The van der Waals surface area contributed by atoms with Crippen LogP contribution in [-0.4, -0.2) is 31.3 Å². The SMILES string of the molecule is COc1ccc(C)cc1/C=C/C(=O)NCC(C)(C)CCO. The van der Waals surface area contributed by atoms with Crippen LogP contribution in [-0.2, 0) is 4.79 Å². The van der Waals surface area contributed by atoms with Crippen LogP contribution < -0.4 is 10.1 Å². The van der Waals surface area contributed by atoms with E-state index in [1.54, 1.807) is 13.2 Å². The summed E-state index contributed by atoms with van der Waals surface area (Å²) in [6.07, 6.45) is 3.91. The van der Waals surface area contributed by atoms with Crippen molar-refractivity contribution in [3.8, 4) is 5.75 Å². The van der Waals surface area contributed by atoms with Gasteiger partial charge in [-0.15, -0.1) is 0 Å². The van der Waals surface area contributed by atoms with Gasteiger partial charge in [-0.3, -0.25) is 4.79 Å². The van der Waals surface area contributed by atoms with Crippen molar-refractivity contribution in [3.63, 3.8) is 0 Å². The van der Waals surface area contributed by atoms with Gasteiger partial charge in [-0.05, 0) is 37.0 Å². The van der Waals surface area contributed by atoms with Gasteiger partial charge in [0, 0.05) is 24.8 Å². The average Bonchev–Trinajstić information content (AvgIpc) is 2.43. The lowest BCUT2D eigenvalue weighted by molar-refractivity contribution is -0.116. The second-order valence-corrected chi connectivity index (χ2v) is 5.93. The molecule has 0 unspecified atom stereocenters. The van der Waals surface area contributed by atoms with Crippen molar-refractivity contribution in [3.05, 3.63) is 35.4 Å². The maximum Gasteiger partial charge on any atom is 0.244 e. The number of ether oxygens (including phenoxy) is 1. The molecule has 21 heavy (non-hydrogen) atoms. The van der Waals surface area contributed by atoms with E-state index in [4.69, 9.17) is 9.84 Å². The number of nitrogens with one attached hydrogen (secondary N) is 1. The molecule has 0 fully saturated rings. The maximum absolute atomic E-state index is 11.9. The zero-order chi connectivity index (χ0) is 15.9. The van der Waals surface area contributed by atoms with Gasteiger partial charge in [0.2, 0.25) is 5.91 Å². The molecule has 1 amide bonds. The monoisotopic (exact) mass is 291 g/mol. The zero-order valence-corrected chi connectivity index (χ0v) is 13.3. The molecule has 1 rings (SSSR count). The Balaban J connectivity index is 2.64. The first-order valence-electron chi connectivity index (χ1n) is 7.09. The first-order valence-corrected chi connectivity index (χ1v) is 7.09. The Morgan fingerprint density at radius 2 is 2.14 bits per heavy atom. The Hall–Kier alpha value is -1.81.